The molecule has 0 fully saturated rings. The van der Waals surface area contributed by atoms with E-state index in [1.165, 1.54) is 11.3 Å². The molecule has 8 heteroatoms. The lowest BCUT2D eigenvalue weighted by Gasteiger charge is -2.03. The standard InChI is InChI=1S/C19H13Br2N3O2S/c1-22-19-24(23-9-11-6-13(20)18(25)14(21)7-11)15(10-27-19)17-8-12-4-2-3-5-16(12)26-17/h2-10,25H,1H3. The highest BCUT2D eigenvalue weighted by atomic mass is 79.9. The Kier molecular flexibility index (Phi) is 5.03. The van der Waals surface area contributed by atoms with E-state index in [1.807, 2.05) is 35.7 Å². The molecule has 4 aromatic rings. The zero-order chi connectivity index (χ0) is 19.0. The Bertz CT molecular complexity index is 1180. The zero-order valence-electron chi connectivity index (χ0n) is 14.1. The molecule has 0 unspecified atom stereocenters. The number of thiazole rings is 1. The van der Waals surface area contributed by atoms with Crippen LogP contribution in [0.2, 0.25) is 0 Å². The minimum absolute atomic E-state index is 0.155. The summed E-state index contributed by atoms with van der Waals surface area (Å²) >= 11 is 8.16. The molecule has 0 radical (unpaired) electrons. The van der Waals surface area contributed by atoms with Crippen molar-refractivity contribution in [3.8, 4) is 17.2 Å². The first kappa shape index (κ1) is 18.2. The van der Waals surface area contributed by atoms with Crippen molar-refractivity contribution in [1.82, 2.24) is 4.68 Å². The summed E-state index contributed by atoms with van der Waals surface area (Å²) in [5.41, 5.74) is 2.48. The molecule has 27 heavy (non-hydrogen) atoms. The number of nitrogens with zero attached hydrogens (tertiary/aromatic N) is 3. The average Bonchev–Trinajstić information content (AvgIpc) is 3.27. The summed E-state index contributed by atoms with van der Waals surface area (Å²) in [6, 6.07) is 13.5. The third kappa shape index (κ3) is 3.52. The van der Waals surface area contributed by atoms with Gasteiger partial charge in [0.1, 0.15) is 17.0 Å². The maximum absolute atomic E-state index is 9.86. The molecular weight excluding hydrogens is 494 g/mol. The van der Waals surface area contributed by atoms with E-state index in [0.29, 0.717) is 8.95 Å². The fraction of sp³-hybridized carbons (Fsp3) is 0.0526. The Labute approximate surface area is 175 Å². The second-order valence-electron chi connectivity index (χ2n) is 5.67. The zero-order valence-corrected chi connectivity index (χ0v) is 18.0. The summed E-state index contributed by atoms with van der Waals surface area (Å²) in [5.74, 6) is 0.884. The van der Waals surface area contributed by atoms with Gasteiger partial charge in [-0.05, 0) is 61.7 Å². The number of fused-ring (bicyclic) bond motifs is 1. The molecule has 0 amide bonds. The number of halogens is 2. The van der Waals surface area contributed by atoms with Crippen molar-refractivity contribution in [2.45, 2.75) is 0 Å². The van der Waals surface area contributed by atoms with E-state index in [-0.39, 0.29) is 5.75 Å². The smallest absolute Gasteiger partial charge is 0.206 e. The maximum Gasteiger partial charge on any atom is 0.206 e. The number of phenolic OH excluding ortho intramolecular Hbond substituents is 1. The van der Waals surface area contributed by atoms with Gasteiger partial charge in [0.05, 0.1) is 15.2 Å². The highest BCUT2D eigenvalue weighted by Gasteiger charge is 2.12. The van der Waals surface area contributed by atoms with Crippen LogP contribution in [-0.2, 0) is 0 Å². The molecule has 2 aromatic carbocycles. The van der Waals surface area contributed by atoms with E-state index in [0.717, 1.165) is 32.8 Å². The largest absolute Gasteiger partial charge is 0.506 e. The van der Waals surface area contributed by atoms with Crippen LogP contribution >= 0.6 is 43.2 Å². The Balaban J connectivity index is 1.80. The molecule has 0 atom stereocenters. The Morgan fingerprint density at radius 1 is 1.15 bits per heavy atom. The number of hydrogen-bond acceptors (Lipinski definition) is 5. The number of benzene rings is 2. The third-order valence-electron chi connectivity index (χ3n) is 3.92. The first-order valence-electron chi connectivity index (χ1n) is 7.91. The first-order chi connectivity index (χ1) is 13.1. The molecule has 1 N–H and O–H groups in total. The van der Waals surface area contributed by atoms with Gasteiger partial charge in [-0.2, -0.15) is 5.10 Å². The summed E-state index contributed by atoms with van der Waals surface area (Å²) in [4.78, 5) is 5.05. The minimum Gasteiger partial charge on any atom is -0.506 e. The fourth-order valence-electron chi connectivity index (χ4n) is 2.63. The van der Waals surface area contributed by atoms with Crippen molar-refractivity contribution < 1.29 is 9.52 Å². The highest BCUT2D eigenvalue weighted by Crippen LogP contribution is 2.33. The van der Waals surface area contributed by atoms with Crippen molar-refractivity contribution >= 4 is 60.4 Å². The second-order valence-corrected chi connectivity index (χ2v) is 8.21. The number of furan rings is 1. The van der Waals surface area contributed by atoms with Crippen LogP contribution < -0.4 is 4.80 Å². The SMILES string of the molecule is CN=c1scc(-c2cc3ccccc3o2)n1N=Cc1cc(Br)c(O)c(Br)c1. The van der Waals surface area contributed by atoms with Gasteiger partial charge in [0, 0.05) is 17.8 Å². The summed E-state index contributed by atoms with van der Waals surface area (Å²) in [5, 5.41) is 17.5. The molecule has 0 aliphatic heterocycles. The van der Waals surface area contributed by atoms with Crippen LogP contribution in [0.25, 0.3) is 22.4 Å². The van der Waals surface area contributed by atoms with Gasteiger partial charge in [-0.1, -0.05) is 18.2 Å². The highest BCUT2D eigenvalue weighted by molar-refractivity contribution is 9.11. The van der Waals surface area contributed by atoms with Gasteiger partial charge in [-0.3, -0.25) is 4.99 Å². The summed E-state index contributed by atoms with van der Waals surface area (Å²) in [6.07, 6.45) is 1.71. The van der Waals surface area contributed by atoms with E-state index >= 15 is 0 Å². The monoisotopic (exact) mass is 505 g/mol. The molecule has 0 aliphatic carbocycles. The molecule has 4 rings (SSSR count). The molecule has 0 aliphatic rings. The third-order valence-corrected chi connectivity index (χ3v) is 6.03. The molecule has 0 saturated carbocycles. The second kappa shape index (κ2) is 7.46. The van der Waals surface area contributed by atoms with Crippen LogP contribution in [0.4, 0.5) is 0 Å². The number of aromatic hydroxyl groups is 1. The van der Waals surface area contributed by atoms with Crippen molar-refractivity contribution in [1.29, 1.82) is 0 Å². The molecule has 0 saturated heterocycles. The van der Waals surface area contributed by atoms with Gasteiger partial charge < -0.3 is 9.52 Å². The molecular formula is C19H13Br2N3O2S. The molecule has 2 aromatic heterocycles. The van der Waals surface area contributed by atoms with Gasteiger partial charge in [-0.15, -0.1) is 11.3 Å². The molecule has 0 bridgehead atoms. The van der Waals surface area contributed by atoms with Crippen LogP contribution in [0.1, 0.15) is 5.56 Å². The van der Waals surface area contributed by atoms with E-state index in [9.17, 15) is 5.11 Å². The number of rotatable bonds is 3. The van der Waals surface area contributed by atoms with Gasteiger partial charge in [0.2, 0.25) is 4.80 Å². The normalized spacial score (nSPS) is 12.5. The molecule has 0 spiro atoms. The van der Waals surface area contributed by atoms with Gasteiger partial charge in [0.25, 0.3) is 0 Å². The number of phenols is 1. The predicted molar refractivity (Wildman–Crippen MR) is 116 cm³/mol. The van der Waals surface area contributed by atoms with Crippen LogP contribution in [0.3, 0.4) is 0 Å². The Morgan fingerprint density at radius 3 is 2.59 bits per heavy atom. The van der Waals surface area contributed by atoms with Crippen LogP contribution in [0, 0.1) is 0 Å². The van der Waals surface area contributed by atoms with Crippen molar-refractivity contribution in [3.05, 3.63) is 67.2 Å². The summed E-state index contributed by atoms with van der Waals surface area (Å²) in [6.45, 7) is 0. The molecule has 5 nitrogen and oxygen atoms in total. The lowest BCUT2D eigenvalue weighted by Crippen LogP contribution is -2.11. The fourth-order valence-corrected chi connectivity index (χ4v) is 4.63. The molecule has 136 valence electrons. The van der Waals surface area contributed by atoms with Gasteiger partial charge in [0.15, 0.2) is 5.76 Å². The topological polar surface area (TPSA) is 63.0 Å². The average molecular weight is 507 g/mol. The van der Waals surface area contributed by atoms with Crippen molar-refractivity contribution in [3.63, 3.8) is 0 Å². The quantitative estimate of drug-likeness (QED) is 0.367. The number of para-hydroxylation sites is 1. The van der Waals surface area contributed by atoms with E-state index in [4.69, 9.17) is 4.42 Å². The maximum atomic E-state index is 9.86. The Morgan fingerprint density at radius 2 is 1.89 bits per heavy atom. The van der Waals surface area contributed by atoms with E-state index < -0.39 is 0 Å². The summed E-state index contributed by atoms with van der Waals surface area (Å²) < 4.78 is 8.91. The number of aromatic nitrogens is 1. The first-order valence-corrected chi connectivity index (χ1v) is 10.4. The van der Waals surface area contributed by atoms with Crippen molar-refractivity contribution in [2.24, 2.45) is 10.1 Å². The predicted octanol–water partition coefficient (Wildman–Crippen LogP) is 5.61. The lowest BCUT2D eigenvalue weighted by atomic mass is 10.2. The van der Waals surface area contributed by atoms with Gasteiger partial charge in [-0.25, -0.2) is 4.68 Å². The number of hydrogen-bond donors (Lipinski definition) is 1. The van der Waals surface area contributed by atoms with Crippen LogP contribution in [0.15, 0.2) is 71.3 Å². The van der Waals surface area contributed by atoms with Gasteiger partial charge >= 0.3 is 0 Å². The van der Waals surface area contributed by atoms with Crippen molar-refractivity contribution in [2.75, 3.05) is 7.05 Å². The van der Waals surface area contributed by atoms with E-state index in [2.05, 4.69) is 42.0 Å². The molecule has 2 heterocycles. The Hall–Kier alpha value is -2.16. The van der Waals surface area contributed by atoms with E-state index in [1.54, 1.807) is 30.1 Å². The minimum atomic E-state index is 0.155. The lowest BCUT2D eigenvalue weighted by molar-refractivity contribution is 0.468. The summed E-state index contributed by atoms with van der Waals surface area (Å²) in [7, 11) is 1.73. The van der Waals surface area contributed by atoms with Crippen LogP contribution in [-0.4, -0.2) is 23.0 Å². The van der Waals surface area contributed by atoms with Crippen LogP contribution in [0.5, 0.6) is 5.75 Å².